The third kappa shape index (κ3) is 4.82. The molecule has 2 aromatic carbocycles. The van der Waals surface area contributed by atoms with E-state index < -0.39 is 6.09 Å². The lowest BCUT2D eigenvalue weighted by atomic mass is 10.0. The Hall–Kier alpha value is -3.48. The van der Waals surface area contributed by atoms with Gasteiger partial charge in [-0.2, -0.15) is 0 Å². The van der Waals surface area contributed by atoms with Crippen LogP contribution >= 0.6 is 0 Å². The highest BCUT2D eigenvalue weighted by Gasteiger charge is 2.26. The average molecular weight is 453 g/mol. The number of carboxylic acid groups (broad SMARTS) is 1. The average Bonchev–Trinajstić information content (AvgIpc) is 2.81. The molecule has 176 valence electrons. The Balaban J connectivity index is 2.03. The molecule has 0 saturated heterocycles. The molecular formula is C26H32N2O5. The Morgan fingerprint density at radius 3 is 2.30 bits per heavy atom. The third-order valence-electron chi connectivity index (χ3n) is 6.06. The van der Waals surface area contributed by atoms with Crippen molar-refractivity contribution in [3.8, 4) is 23.0 Å². The molecule has 0 spiro atoms. The zero-order valence-electron chi connectivity index (χ0n) is 20.1. The van der Waals surface area contributed by atoms with E-state index in [-0.39, 0.29) is 6.04 Å². The molecule has 7 heteroatoms. The van der Waals surface area contributed by atoms with E-state index in [2.05, 4.69) is 11.9 Å². The fraction of sp³-hybridized carbons (Fsp3) is 0.385. The van der Waals surface area contributed by atoms with Crippen LogP contribution in [0.2, 0.25) is 0 Å². The first-order chi connectivity index (χ1) is 15.9. The number of fused-ring (bicyclic) bond motifs is 1. The van der Waals surface area contributed by atoms with Crippen molar-refractivity contribution in [2.45, 2.75) is 53.0 Å². The first-order valence-corrected chi connectivity index (χ1v) is 11.2. The maximum Gasteiger partial charge on any atom is 0.412 e. The molecule has 3 rings (SSSR count). The highest BCUT2D eigenvalue weighted by atomic mass is 16.5. The lowest BCUT2D eigenvalue weighted by molar-refractivity contribution is 0.198. The molecule has 1 N–H and O–H groups in total. The van der Waals surface area contributed by atoms with Gasteiger partial charge in [-0.1, -0.05) is 20.3 Å². The van der Waals surface area contributed by atoms with Crippen LogP contribution in [0.1, 0.15) is 44.2 Å². The normalized spacial score (nSPS) is 11.8. The van der Waals surface area contributed by atoms with Crippen LogP contribution in [-0.2, 0) is 0 Å². The number of hydrogen-bond acceptors (Lipinski definition) is 5. The Morgan fingerprint density at radius 2 is 1.70 bits per heavy atom. The number of benzene rings is 2. The van der Waals surface area contributed by atoms with E-state index in [0.717, 1.165) is 41.3 Å². The molecule has 1 aromatic heterocycles. The second-order valence-electron chi connectivity index (χ2n) is 7.97. The molecule has 1 atom stereocenters. The summed E-state index contributed by atoms with van der Waals surface area (Å²) in [5, 5.41) is 10.7. The zero-order valence-corrected chi connectivity index (χ0v) is 20.1. The van der Waals surface area contributed by atoms with Crippen LogP contribution in [0.3, 0.4) is 0 Å². The van der Waals surface area contributed by atoms with Gasteiger partial charge in [0.1, 0.15) is 11.5 Å². The summed E-state index contributed by atoms with van der Waals surface area (Å²) in [5.74, 6) is 2.47. The van der Waals surface area contributed by atoms with Crippen LogP contribution in [0.25, 0.3) is 10.9 Å². The smallest absolute Gasteiger partial charge is 0.412 e. The molecule has 1 unspecified atom stereocenters. The minimum Gasteiger partial charge on any atom is -0.493 e. The van der Waals surface area contributed by atoms with Crippen molar-refractivity contribution in [1.29, 1.82) is 0 Å². The predicted molar refractivity (Wildman–Crippen MR) is 130 cm³/mol. The molecule has 0 aliphatic carbocycles. The third-order valence-corrected chi connectivity index (χ3v) is 6.06. The zero-order chi connectivity index (χ0) is 24.1. The Bertz CT molecular complexity index is 1150. The molecule has 0 bridgehead atoms. The van der Waals surface area contributed by atoms with Gasteiger partial charge in [0, 0.05) is 23.7 Å². The van der Waals surface area contributed by atoms with Crippen LogP contribution in [-0.4, -0.2) is 36.4 Å². The van der Waals surface area contributed by atoms with Gasteiger partial charge < -0.3 is 19.3 Å². The Labute approximate surface area is 194 Å². The van der Waals surface area contributed by atoms with Crippen LogP contribution in [0.15, 0.2) is 36.5 Å². The number of ether oxygens (including phenoxy) is 3. The molecule has 0 fully saturated rings. The lowest BCUT2D eigenvalue weighted by Crippen LogP contribution is -2.39. The molecule has 0 aliphatic heterocycles. The van der Waals surface area contributed by atoms with E-state index in [1.165, 1.54) is 4.90 Å². The molecule has 3 aromatic rings. The Morgan fingerprint density at radius 1 is 1.00 bits per heavy atom. The summed E-state index contributed by atoms with van der Waals surface area (Å²) in [4.78, 5) is 18.1. The summed E-state index contributed by atoms with van der Waals surface area (Å²) >= 11 is 0. The second kappa shape index (κ2) is 10.4. The van der Waals surface area contributed by atoms with Gasteiger partial charge in [0.2, 0.25) is 0 Å². The van der Waals surface area contributed by atoms with Crippen molar-refractivity contribution in [2.24, 2.45) is 0 Å². The summed E-state index contributed by atoms with van der Waals surface area (Å²) in [6, 6.07) is 9.05. The summed E-state index contributed by atoms with van der Waals surface area (Å²) in [5.41, 5.74) is 3.18. The second-order valence-corrected chi connectivity index (χ2v) is 7.97. The van der Waals surface area contributed by atoms with Crippen molar-refractivity contribution in [3.63, 3.8) is 0 Å². The standard InChI is InChI=1S/C26H32N2O5/c1-7-9-18(8-2)28(26(29)30)21-10-11-22(17(4)16(21)3)33-23-12-13-27-20-15-25(32-6)24(31-5)14-19(20)23/h10-15,18H,7-9H2,1-6H3,(H,29,30). The number of hydrogen-bond donors (Lipinski definition) is 1. The minimum atomic E-state index is -0.937. The van der Waals surface area contributed by atoms with Gasteiger partial charge in [-0.3, -0.25) is 9.88 Å². The predicted octanol–water partition coefficient (Wildman–Crippen LogP) is 6.72. The van der Waals surface area contributed by atoms with Crippen molar-refractivity contribution in [3.05, 3.63) is 47.7 Å². The number of carbonyl (C=O) groups is 1. The van der Waals surface area contributed by atoms with Gasteiger partial charge in [-0.05, 0) is 62.1 Å². The molecule has 0 radical (unpaired) electrons. The Kier molecular flexibility index (Phi) is 7.63. The molecular weight excluding hydrogens is 420 g/mol. The van der Waals surface area contributed by atoms with Crippen LogP contribution in [0.5, 0.6) is 23.0 Å². The number of methoxy groups -OCH3 is 2. The number of nitrogens with zero attached hydrogens (tertiary/aromatic N) is 2. The monoisotopic (exact) mass is 452 g/mol. The first kappa shape index (κ1) is 24.2. The van der Waals surface area contributed by atoms with Gasteiger partial charge in [0.25, 0.3) is 0 Å². The maximum atomic E-state index is 12.1. The van der Waals surface area contributed by atoms with Crippen molar-refractivity contribution in [2.75, 3.05) is 19.1 Å². The van der Waals surface area contributed by atoms with E-state index in [0.29, 0.717) is 28.7 Å². The van der Waals surface area contributed by atoms with Crippen molar-refractivity contribution < 1.29 is 24.1 Å². The summed E-state index contributed by atoms with van der Waals surface area (Å²) in [6.07, 6.45) is 3.24. The van der Waals surface area contributed by atoms with E-state index >= 15 is 0 Å². The SMILES string of the molecule is CCCC(CC)N(C(=O)O)c1ccc(Oc2ccnc3cc(OC)c(OC)cc23)c(C)c1C. The molecule has 0 aliphatic rings. The largest absolute Gasteiger partial charge is 0.493 e. The van der Waals surface area contributed by atoms with Crippen LogP contribution in [0, 0.1) is 13.8 Å². The van der Waals surface area contributed by atoms with Gasteiger partial charge >= 0.3 is 6.09 Å². The van der Waals surface area contributed by atoms with Crippen molar-refractivity contribution in [1.82, 2.24) is 4.98 Å². The highest BCUT2D eigenvalue weighted by molar-refractivity contribution is 5.89. The number of pyridine rings is 1. The van der Waals surface area contributed by atoms with Gasteiger partial charge in [-0.25, -0.2) is 4.79 Å². The lowest BCUT2D eigenvalue weighted by Gasteiger charge is -2.30. The summed E-state index contributed by atoms with van der Waals surface area (Å²) in [7, 11) is 3.17. The van der Waals surface area contributed by atoms with Crippen LogP contribution < -0.4 is 19.1 Å². The molecule has 1 heterocycles. The van der Waals surface area contributed by atoms with Crippen molar-refractivity contribution >= 4 is 22.7 Å². The summed E-state index contributed by atoms with van der Waals surface area (Å²) < 4.78 is 17.1. The van der Waals surface area contributed by atoms with E-state index in [4.69, 9.17) is 14.2 Å². The van der Waals surface area contributed by atoms with E-state index in [9.17, 15) is 9.90 Å². The van der Waals surface area contributed by atoms with Crippen LogP contribution in [0.4, 0.5) is 10.5 Å². The fourth-order valence-corrected chi connectivity index (χ4v) is 4.11. The quantitative estimate of drug-likeness (QED) is 0.388. The topological polar surface area (TPSA) is 81.1 Å². The first-order valence-electron chi connectivity index (χ1n) is 11.2. The molecule has 0 saturated carbocycles. The van der Waals surface area contributed by atoms with Gasteiger partial charge in [0.15, 0.2) is 11.5 Å². The highest BCUT2D eigenvalue weighted by Crippen LogP contribution is 2.39. The molecule has 33 heavy (non-hydrogen) atoms. The fourth-order valence-electron chi connectivity index (χ4n) is 4.11. The summed E-state index contributed by atoms with van der Waals surface area (Å²) in [6.45, 7) is 7.97. The number of amides is 1. The van der Waals surface area contributed by atoms with E-state index in [1.54, 1.807) is 26.5 Å². The molecule has 7 nitrogen and oxygen atoms in total. The van der Waals surface area contributed by atoms with E-state index in [1.807, 2.05) is 45.0 Å². The number of rotatable bonds is 9. The van der Waals surface area contributed by atoms with Gasteiger partial charge in [0.05, 0.1) is 25.4 Å². The number of aromatic nitrogens is 1. The maximum absolute atomic E-state index is 12.1. The number of anilines is 1. The van der Waals surface area contributed by atoms with Gasteiger partial charge in [-0.15, -0.1) is 0 Å². The minimum absolute atomic E-state index is 0.0658. The molecule has 1 amide bonds.